The molecule has 160 valence electrons. The van der Waals surface area contributed by atoms with Crippen molar-refractivity contribution in [3.63, 3.8) is 0 Å². The fraction of sp³-hybridized carbons (Fsp3) is 0.500. The van der Waals surface area contributed by atoms with Gasteiger partial charge in [-0.05, 0) is 43.9 Å². The van der Waals surface area contributed by atoms with E-state index in [1.54, 1.807) is 16.2 Å². The topological polar surface area (TPSA) is 97.3 Å². The lowest BCUT2D eigenvalue weighted by atomic mass is 10.1. The van der Waals surface area contributed by atoms with E-state index < -0.39 is 0 Å². The molecule has 1 aliphatic heterocycles. The summed E-state index contributed by atoms with van der Waals surface area (Å²) in [5, 5.41) is 3.14. The van der Waals surface area contributed by atoms with Crippen LogP contribution in [0.5, 0.6) is 0 Å². The van der Waals surface area contributed by atoms with Crippen molar-refractivity contribution in [1.82, 2.24) is 21.4 Å². The predicted molar refractivity (Wildman–Crippen MR) is 120 cm³/mol. The van der Waals surface area contributed by atoms with Gasteiger partial charge in [0, 0.05) is 19.5 Å². The Labute approximate surface area is 178 Å². The Hall–Kier alpha value is -2.09. The lowest BCUT2D eigenvalue weighted by molar-refractivity contribution is -0.135. The van der Waals surface area contributed by atoms with Crippen LogP contribution in [0.1, 0.15) is 44.4 Å². The van der Waals surface area contributed by atoms with Crippen LogP contribution in [0.15, 0.2) is 29.8 Å². The molecule has 1 aromatic heterocycles. The molecule has 1 saturated heterocycles. The Morgan fingerprint density at radius 1 is 1.34 bits per heavy atom. The van der Waals surface area contributed by atoms with E-state index in [0.29, 0.717) is 12.3 Å². The number of carbonyl (C=O) groups excluding carboxylic acids is 2. The van der Waals surface area contributed by atoms with Crippen LogP contribution in [0.25, 0.3) is 10.4 Å². The highest BCUT2D eigenvalue weighted by molar-refractivity contribution is 7.13. The molecule has 1 atom stereocenters. The van der Waals surface area contributed by atoms with Gasteiger partial charge in [0.25, 0.3) is 0 Å². The number of likely N-dealkylation sites (tertiary alicyclic amines) is 1. The highest BCUT2D eigenvalue weighted by Crippen LogP contribution is 2.27. The summed E-state index contributed by atoms with van der Waals surface area (Å²) >= 11 is 1.70. The van der Waals surface area contributed by atoms with E-state index in [4.69, 9.17) is 0 Å². The van der Waals surface area contributed by atoms with Gasteiger partial charge in [0.1, 0.15) is 6.29 Å². The first-order valence-corrected chi connectivity index (χ1v) is 10.7. The van der Waals surface area contributed by atoms with Gasteiger partial charge in [-0.3, -0.25) is 4.79 Å². The van der Waals surface area contributed by atoms with Crippen molar-refractivity contribution in [1.29, 1.82) is 0 Å². The van der Waals surface area contributed by atoms with Crippen molar-refractivity contribution in [3.05, 3.63) is 41.0 Å². The summed E-state index contributed by atoms with van der Waals surface area (Å²) in [5.74, 6) is 0.505. The Bertz CT molecular complexity index is 758. The number of hydrogen-bond acceptors (Lipinski definition) is 6. The lowest BCUT2D eigenvalue weighted by Gasteiger charge is -2.21. The van der Waals surface area contributed by atoms with E-state index in [2.05, 4.69) is 34.6 Å². The third-order valence-corrected chi connectivity index (χ3v) is 5.68. The standard InChI is InChI=1S/C12H14N2S.C10H17NO2.H3N/c1-9-12(15-8-14-9)11-5-3-10(4-6-11)7-13-2;1-8(2)6-10(13)11-5-3-4-9(11)7-12;/h3-6,8,13H,7H2,1-2H3;7-9H,3-6H2,1-2H3;1H3. The number of benzene rings is 1. The molecule has 0 aliphatic carbocycles. The molecular formula is C22H34N4O2S. The Kier molecular flexibility index (Phi) is 10.7. The molecule has 2 aromatic rings. The quantitative estimate of drug-likeness (QED) is 0.685. The van der Waals surface area contributed by atoms with E-state index >= 15 is 0 Å². The molecule has 1 aliphatic rings. The summed E-state index contributed by atoms with van der Waals surface area (Å²) in [6.45, 7) is 7.76. The molecule has 1 unspecified atom stereocenters. The second kappa shape index (κ2) is 12.5. The zero-order valence-corrected chi connectivity index (χ0v) is 18.8. The number of aryl methyl sites for hydroxylation is 1. The monoisotopic (exact) mass is 418 g/mol. The fourth-order valence-electron chi connectivity index (χ4n) is 3.27. The molecule has 0 bridgehead atoms. The van der Waals surface area contributed by atoms with Gasteiger partial charge in [0.05, 0.1) is 22.1 Å². The van der Waals surface area contributed by atoms with Crippen LogP contribution in [0.3, 0.4) is 0 Å². The van der Waals surface area contributed by atoms with Gasteiger partial charge in [-0.2, -0.15) is 0 Å². The number of carbonyl (C=O) groups is 2. The third kappa shape index (κ3) is 7.34. The lowest BCUT2D eigenvalue weighted by Crippen LogP contribution is -2.36. The normalized spacial score (nSPS) is 15.5. The van der Waals surface area contributed by atoms with Crippen LogP contribution in [0.2, 0.25) is 0 Å². The molecule has 4 N–H and O–H groups in total. The minimum atomic E-state index is -0.147. The zero-order valence-electron chi connectivity index (χ0n) is 18.0. The van der Waals surface area contributed by atoms with Crippen LogP contribution >= 0.6 is 11.3 Å². The third-order valence-electron chi connectivity index (χ3n) is 4.70. The van der Waals surface area contributed by atoms with Crippen LogP contribution in [0.4, 0.5) is 0 Å². The summed E-state index contributed by atoms with van der Waals surface area (Å²) in [6.07, 6.45) is 3.26. The van der Waals surface area contributed by atoms with Crippen molar-refractivity contribution in [2.45, 2.75) is 52.6 Å². The minimum Gasteiger partial charge on any atom is -0.344 e. The summed E-state index contributed by atoms with van der Waals surface area (Å²) in [4.78, 5) is 29.4. The van der Waals surface area contributed by atoms with Crippen molar-refractivity contribution in [3.8, 4) is 10.4 Å². The molecule has 29 heavy (non-hydrogen) atoms. The fourth-order valence-corrected chi connectivity index (χ4v) is 4.08. The van der Waals surface area contributed by atoms with E-state index in [9.17, 15) is 9.59 Å². The second-order valence-corrected chi connectivity index (χ2v) is 8.38. The SMILES string of the molecule is CC(C)CC(=O)N1CCCC1C=O.CNCc1ccc(-c2scnc2C)cc1.N. The molecular weight excluding hydrogens is 384 g/mol. The van der Waals surface area contributed by atoms with Crippen LogP contribution in [-0.4, -0.2) is 41.7 Å². The van der Waals surface area contributed by atoms with Crippen LogP contribution in [-0.2, 0) is 16.1 Å². The van der Waals surface area contributed by atoms with E-state index in [-0.39, 0.29) is 18.1 Å². The number of rotatable bonds is 6. The first-order valence-electron chi connectivity index (χ1n) is 9.85. The average molecular weight is 419 g/mol. The number of aldehydes is 1. The second-order valence-electron chi connectivity index (χ2n) is 7.52. The van der Waals surface area contributed by atoms with Gasteiger partial charge in [0.2, 0.25) is 5.91 Å². The molecule has 0 saturated carbocycles. The molecule has 0 spiro atoms. The Morgan fingerprint density at radius 2 is 2.03 bits per heavy atom. The number of aromatic nitrogens is 1. The number of amides is 1. The predicted octanol–water partition coefficient (Wildman–Crippen LogP) is 4.22. The molecule has 2 heterocycles. The minimum absolute atomic E-state index is 0. The van der Waals surface area contributed by atoms with Crippen molar-refractivity contribution >= 4 is 23.5 Å². The van der Waals surface area contributed by atoms with E-state index in [1.807, 2.05) is 33.3 Å². The first kappa shape index (κ1) is 24.9. The summed E-state index contributed by atoms with van der Waals surface area (Å²) in [6, 6.07) is 8.49. The molecule has 1 amide bonds. The summed E-state index contributed by atoms with van der Waals surface area (Å²) in [7, 11) is 1.96. The maximum atomic E-state index is 11.6. The first-order chi connectivity index (χ1) is 13.5. The molecule has 1 fully saturated rings. The Balaban J connectivity index is 0.000000284. The van der Waals surface area contributed by atoms with Gasteiger partial charge in [0.15, 0.2) is 0 Å². The Morgan fingerprint density at radius 3 is 2.55 bits per heavy atom. The van der Waals surface area contributed by atoms with E-state index in [1.165, 1.54) is 16.0 Å². The van der Waals surface area contributed by atoms with Crippen LogP contribution in [0, 0.1) is 12.8 Å². The van der Waals surface area contributed by atoms with Gasteiger partial charge in [-0.15, -0.1) is 11.3 Å². The maximum absolute atomic E-state index is 11.6. The highest BCUT2D eigenvalue weighted by atomic mass is 32.1. The molecule has 1 aromatic carbocycles. The molecule has 0 radical (unpaired) electrons. The summed E-state index contributed by atoms with van der Waals surface area (Å²) < 4.78 is 0. The number of thiazole rings is 1. The zero-order chi connectivity index (χ0) is 20.5. The largest absolute Gasteiger partial charge is 0.344 e. The number of hydrogen-bond donors (Lipinski definition) is 2. The van der Waals surface area contributed by atoms with Crippen LogP contribution < -0.4 is 11.5 Å². The highest BCUT2D eigenvalue weighted by Gasteiger charge is 2.27. The van der Waals surface area contributed by atoms with Gasteiger partial charge < -0.3 is 21.2 Å². The number of nitrogens with zero attached hydrogens (tertiary/aromatic N) is 2. The molecule has 6 nitrogen and oxygen atoms in total. The average Bonchev–Trinajstić information content (AvgIpc) is 3.31. The van der Waals surface area contributed by atoms with Crippen molar-refractivity contribution in [2.24, 2.45) is 5.92 Å². The smallest absolute Gasteiger partial charge is 0.223 e. The molecule has 3 rings (SSSR count). The van der Waals surface area contributed by atoms with Gasteiger partial charge in [-0.25, -0.2) is 4.98 Å². The van der Waals surface area contributed by atoms with Crippen molar-refractivity contribution < 1.29 is 9.59 Å². The molecule has 7 heteroatoms. The maximum Gasteiger partial charge on any atom is 0.223 e. The van der Waals surface area contributed by atoms with Gasteiger partial charge in [-0.1, -0.05) is 38.1 Å². The number of nitrogens with one attached hydrogen (secondary N) is 1. The van der Waals surface area contributed by atoms with Crippen molar-refractivity contribution in [2.75, 3.05) is 13.6 Å². The van der Waals surface area contributed by atoms with Gasteiger partial charge >= 0.3 is 0 Å². The summed E-state index contributed by atoms with van der Waals surface area (Å²) in [5.41, 5.74) is 5.58. The van der Waals surface area contributed by atoms with E-state index in [0.717, 1.165) is 37.9 Å².